The van der Waals surface area contributed by atoms with Crippen LogP contribution in [0.4, 0.5) is 10.6 Å². The third-order valence-electron chi connectivity index (χ3n) is 9.43. The number of amides is 2. The van der Waals surface area contributed by atoms with Crippen LogP contribution in [-0.4, -0.2) is 73.6 Å². The van der Waals surface area contributed by atoms with E-state index in [1.807, 2.05) is 76.6 Å². The molecule has 2 fully saturated rings. The second kappa shape index (κ2) is 13.3. The van der Waals surface area contributed by atoms with Gasteiger partial charge in [0, 0.05) is 30.7 Å². The van der Waals surface area contributed by atoms with Crippen molar-refractivity contribution in [1.82, 2.24) is 35.1 Å². The summed E-state index contributed by atoms with van der Waals surface area (Å²) < 4.78 is 18.3. The van der Waals surface area contributed by atoms with Crippen LogP contribution in [0.25, 0.3) is 22.2 Å². The Bertz CT molecular complexity index is 2090. The molecule has 1 aliphatic heterocycles. The SMILES string of the molecule is COc1ccc(Cn2nc(N[C@@H]3CCN(C(=O)OC(C)(C)C)C3)c3c(-c4ccc(C5(NC(=O)c6noc(C(C)(C)C)n6)CC5)cc4)ccnc32)cc1. The summed E-state index contributed by atoms with van der Waals surface area (Å²) in [6.45, 7) is 13.1. The molecule has 0 unspecified atom stereocenters. The summed E-state index contributed by atoms with van der Waals surface area (Å²) in [4.78, 5) is 36.9. The van der Waals surface area contributed by atoms with Gasteiger partial charge in [-0.1, -0.05) is 62.3 Å². The Labute approximate surface area is 303 Å². The fourth-order valence-corrected chi connectivity index (χ4v) is 6.49. The molecular weight excluding hydrogens is 660 g/mol. The van der Waals surface area contributed by atoms with E-state index in [1.165, 1.54) is 0 Å². The van der Waals surface area contributed by atoms with E-state index < -0.39 is 11.1 Å². The van der Waals surface area contributed by atoms with Crippen LogP contribution >= 0.6 is 0 Å². The number of likely N-dealkylation sites (tertiary alicyclic amines) is 1. The van der Waals surface area contributed by atoms with Crippen LogP contribution in [0.2, 0.25) is 0 Å². The summed E-state index contributed by atoms with van der Waals surface area (Å²) >= 11 is 0. The number of pyridine rings is 1. The molecule has 272 valence electrons. The second-order valence-corrected chi connectivity index (χ2v) is 15.8. The molecule has 52 heavy (non-hydrogen) atoms. The Hall–Kier alpha value is -5.46. The van der Waals surface area contributed by atoms with Gasteiger partial charge < -0.3 is 29.5 Å². The van der Waals surface area contributed by atoms with Gasteiger partial charge in [0.25, 0.3) is 11.7 Å². The number of benzene rings is 2. The van der Waals surface area contributed by atoms with Crippen molar-refractivity contribution in [3.63, 3.8) is 0 Å². The zero-order valence-corrected chi connectivity index (χ0v) is 30.8. The lowest BCUT2D eigenvalue weighted by molar-refractivity contribution is 0.0293. The smallest absolute Gasteiger partial charge is 0.410 e. The van der Waals surface area contributed by atoms with Gasteiger partial charge in [0.05, 0.1) is 24.6 Å². The first kappa shape index (κ1) is 35.0. The molecule has 5 aromatic rings. The van der Waals surface area contributed by atoms with Gasteiger partial charge in [-0.3, -0.25) is 4.79 Å². The van der Waals surface area contributed by atoms with Gasteiger partial charge in [0.2, 0.25) is 5.89 Å². The highest BCUT2D eigenvalue weighted by Crippen LogP contribution is 2.46. The Kier molecular flexibility index (Phi) is 8.92. The maximum absolute atomic E-state index is 13.2. The monoisotopic (exact) mass is 706 g/mol. The van der Waals surface area contributed by atoms with Gasteiger partial charge in [-0.15, -0.1) is 0 Å². The third-order valence-corrected chi connectivity index (χ3v) is 9.43. The van der Waals surface area contributed by atoms with Crippen LogP contribution < -0.4 is 15.4 Å². The molecule has 0 radical (unpaired) electrons. The molecule has 0 spiro atoms. The van der Waals surface area contributed by atoms with Crippen molar-refractivity contribution in [3.05, 3.63) is 83.6 Å². The molecule has 1 atom stereocenters. The number of carbonyl (C=O) groups excluding carboxylic acids is 2. The largest absolute Gasteiger partial charge is 0.497 e. The van der Waals surface area contributed by atoms with E-state index in [2.05, 4.69) is 45.0 Å². The van der Waals surface area contributed by atoms with Crippen LogP contribution in [-0.2, 0) is 22.2 Å². The Balaban J connectivity index is 1.17. The predicted molar refractivity (Wildman–Crippen MR) is 196 cm³/mol. The number of ether oxygens (including phenoxy) is 2. The van der Waals surface area contributed by atoms with E-state index in [9.17, 15) is 9.59 Å². The standard InChI is InChI=1S/C39H46N8O5/c1-37(2,3)35-42-32(45-52-35)34(48)43-39(18-19-39)26-12-10-25(11-13-26)29-16-20-40-33-30(29)31(44-47(33)22-24-8-14-28(50-7)15-9-24)41-27-17-21-46(23-27)36(49)51-38(4,5)6/h8-16,20,27H,17-19,21-23H2,1-7H3,(H,41,44)(H,43,48)/t27-/m1/s1. The van der Waals surface area contributed by atoms with Crippen molar-refractivity contribution in [1.29, 1.82) is 0 Å². The van der Waals surface area contributed by atoms with Gasteiger partial charge in [0.15, 0.2) is 11.5 Å². The summed E-state index contributed by atoms with van der Waals surface area (Å²) in [7, 11) is 1.65. The highest BCUT2D eigenvalue weighted by atomic mass is 16.6. The average Bonchev–Trinajstić information content (AvgIpc) is 3.43. The number of anilines is 1. The molecule has 2 N–H and O–H groups in total. The van der Waals surface area contributed by atoms with Crippen molar-refractivity contribution >= 4 is 28.9 Å². The summed E-state index contributed by atoms with van der Waals surface area (Å²) in [6, 6.07) is 18.2. The van der Waals surface area contributed by atoms with Gasteiger partial charge >= 0.3 is 6.09 Å². The van der Waals surface area contributed by atoms with Gasteiger partial charge in [0.1, 0.15) is 11.4 Å². The van der Waals surface area contributed by atoms with E-state index in [0.29, 0.717) is 31.3 Å². The van der Waals surface area contributed by atoms with E-state index >= 15 is 0 Å². The average molecular weight is 707 g/mol. The number of nitrogens with one attached hydrogen (secondary N) is 2. The van der Waals surface area contributed by atoms with E-state index in [0.717, 1.165) is 58.3 Å². The number of nitrogens with zero attached hydrogens (tertiary/aromatic N) is 6. The molecule has 2 aromatic carbocycles. The van der Waals surface area contributed by atoms with Crippen molar-refractivity contribution < 1.29 is 23.6 Å². The summed E-state index contributed by atoms with van der Waals surface area (Å²) in [5, 5.41) is 16.7. The number of carbonyl (C=O) groups is 2. The number of rotatable bonds is 9. The predicted octanol–water partition coefficient (Wildman–Crippen LogP) is 6.68. The number of methoxy groups -OCH3 is 1. The first-order valence-corrected chi connectivity index (χ1v) is 17.7. The van der Waals surface area contributed by atoms with Crippen LogP contribution in [0.15, 0.2) is 65.3 Å². The molecule has 13 nitrogen and oxygen atoms in total. The molecule has 1 saturated carbocycles. The highest BCUT2D eigenvalue weighted by molar-refractivity contribution is 6.01. The zero-order chi connectivity index (χ0) is 36.8. The molecule has 1 saturated heterocycles. The molecule has 1 aliphatic carbocycles. The van der Waals surface area contributed by atoms with Crippen LogP contribution in [0, 0.1) is 0 Å². The van der Waals surface area contributed by atoms with Gasteiger partial charge in [-0.05, 0) is 80.5 Å². The first-order valence-electron chi connectivity index (χ1n) is 17.7. The fourth-order valence-electron chi connectivity index (χ4n) is 6.49. The first-order chi connectivity index (χ1) is 24.7. The van der Waals surface area contributed by atoms with E-state index in [4.69, 9.17) is 24.1 Å². The Morgan fingerprint density at radius 2 is 1.73 bits per heavy atom. The minimum Gasteiger partial charge on any atom is -0.497 e. The van der Waals surface area contributed by atoms with E-state index in [1.54, 1.807) is 18.2 Å². The molecule has 2 amide bonds. The summed E-state index contributed by atoms with van der Waals surface area (Å²) in [5.41, 5.74) is 3.36. The van der Waals surface area contributed by atoms with Crippen LogP contribution in [0.3, 0.4) is 0 Å². The van der Waals surface area contributed by atoms with Crippen molar-refractivity contribution in [2.45, 2.75) is 89.9 Å². The molecule has 4 heterocycles. The van der Waals surface area contributed by atoms with Crippen LogP contribution in [0.5, 0.6) is 5.75 Å². The van der Waals surface area contributed by atoms with Gasteiger partial charge in [-0.25, -0.2) is 14.5 Å². The molecule has 0 bridgehead atoms. The van der Waals surface area contributed by atoms with E-state index in [-0.39, 0.29) is 29.3 Å². The highest BCUT2D eigenvalue weighted by Gasteiger charge is 2.46. The number of hydrogen-bond donors (Lipinski definition) is 2. The maximum atomic E-state index is 13.2. The normalized spacial score (nSPS) is 16.9. The topological polar surface area (TPSA) is 150 Å². The molecular formula is C39H46N8O5. The lowest BCUT2D eigenvalue weighted by atomic mass is 9.97. The molecule has 7 rings (SSSR count). The summed E-state index contributed by atoms with van der Waals surface area (Å²) in [5.74, 6) is 1.59. The Morgan fingerprint density at radius 1 is 1.00 bits per heavy atom. The molecule has 13 heteroatoms. The van der Waals surface area contributed by atoms with Crippen molar-refractivity contribution in [2.75, 3.05) is 25.5 Å². The minimum absolute atomic E-state index is 0.0208. The number of aromatic nitrogens is 5. The third kappa shape index (κ3) is 7.30. The number of fused-ring (bicyclic) bond motifs is 1. The molecule has 2 aliphatic rings. The van der Waals surface area contributed by atoms with Crippen molar-refractivity contribution in [2.24, 2.45) is 0 Å². The zero-order valence-electron chi connectivity index (χ0n) is 30.8. The van der Waals surface area contributed by atoms with Crippen LogP contribution in [0.1, 0.15) is 88.4 Å². The Morgan fingerprint density at radius 3 is 2.37 bits per heavy atom. The van der Waals surface area contributed by atoms with Crippen molar-refractivity contribution in [3.8, 4) is 16.9 Å². The lowest BCUT2D eigenvalue weighted by Crippen LogP contribution is -2.36. The lowest BCUT2D eigenvalue weighted by Gasteiger charge is -2.24. The van der Waals surface area contributed by atoms with Gasteiger partial charge in [-0.2, -0.15) is 10.1 Å². The number of hydrogen-bond acceptors (Lipinski definition) is 10. The summed E-state index contributed by atoms with van der Waals surface area (Å²) in [6.07, 6.45) is 3.88. The quantitative estimate of drug-likeness (QED) is 0.170. The fraction of sp³-hybridized carbons (Fsp3) is 0.436. The maximum Gasteiger partial charge on any atom is 0.410 e. The minimum atomic E-state index is -0.565. The molecule has 3 aromatic heterocycles. The second-order valence-electron chi connectivity index (χ2n) is 15.8.